The molecule has 0 spiro atoms. The number of nitrogens with one attached hydrogen (secondary N) is 1. The van der Waals surface area contributed by atoms with Gasteiger partial charge >= 0.3 is 5.97 Å². The summed E-state index contributed by atoms with van der Waals surface area (Å²) in [6.07, 6.45) is 3.35. The molecule has 0 unspecified atom stereocenters. The fourth-order valence-electron chi connectivity index (χ4n) is 3.25. The molecular formula is C23H23N3O5. The van der Waals surface area contributed by atoms with Crippen molar-refractivity contribution in [2.75, 3.05) is 6.61 Å². The van der Waals surface area contributed by atoms with Gasteiger partial charge in [-0.1, -0.05) is 32.0 Å². The van der Waals surface area contributed by atoms with Crippen molar-refractivity contribution < 1.29 is 23.5 Å². The van der Waals surface area contributed by atoms with Gasteiger partial charge in [-0.3, -0.25) is 9.59 Å². The van der Waals surface area contributed by atoms with Crippen LogP contribution in [0.25, 0.3) is 10.9 Å². The Labute approximate surface area is 179 Å². The molecule has 1 atom stereocenters. The number of hydrogen-bond donors (Lipinski definition) is 1. The Morgan fingerprint density at radius 1 is 1.19 bits per heavy atom. The van der Waals surface area contributed by atoms with Gasteiger partial charge in [0, 0.05) is 29.2 Å². The predicted molar refractivity (Wildman–Crippen MR) is 112 cm³/mol. The molecule has 0 aliphatic heterocycles. The minimum atomic E-state index is -0.928. The topological polar surface area (TPSA) is 114 Å². The summed E-state index contributed by atoms with van der Waals surface area (Å²) in [5.74, 6) is -1.77. The lowest BCUT2D eigenvalue weighted by atomic mass is 10.0. The molecule has 160 valence electrons. The van der Waals surface area contributed by atoms with Crippen molar-refractivity contribution >= 4 is 28.6 Å². The van der Waals surface area contributed by atoms with Crippen LogP contribution in [0, 0.1) is 17.2 Å². The summed E-state index contributed by atoms with van der Waals surface area (Å²) in [5.41, 5.74) is 1.25. The van der Waals surface area contributed by atoms with E-state index in [2.05, 4.69) is 11.4 Å². The summed E-state index contributed by atoms with van der Waals surface area (Å²) in [4.78, 5) is 37.6. The van der Waals surface area contributed by atoms with E-state index in [1.54, 1.807) is 26.1 Å². The van der Waals surface area contributed by atoms with E-state index in [-0.39, 0.29) is 17.5 Å². The maximum absolute atomic E-state index is 12.8. The first-order valence-electron chi connectivity index (χ1n) is 9.91. The Bertz CT molecular complexity index is 1120. The maximum Gasteiger partial charge on any atom is 0.329 e. The van der Waals surface area contributed by atoms with Crippen LogP contribution in [-0.4, -0.2) is 34.9 Å². The van der Waals surface area contributed by atoms with Gasteiger partial charge in [-0.05, 0) is 24.1 Å². The molecule has 0 saturated carbocycles. The molecule has 8 heteroatoms. The molecule has 0 bridgehead atoms. The number of aryl methyl sites for hydroxylation is 1. The van der Waals surface area contributed by atoms with Crippen LogP contribution in [0.1, 0.15) is 41.2 Å². The molecule has 2 heterocycles. The second-order valence-electron chi connectivity index (χ2n) is 7.36. The quantitative estimate of drug-likeness (QED) is 0.419. The summed E-state index contributed by atoms with van der Waals surface area (Å²) in [7, 11) is 0. The lowest BCUT2D eigenvalue weighted by molar-refractivity contribution is -0.145. The fraction of sp³-hybridized carbons (Fsp3) is 0.304. The van der Waals surface area contributed by atoms with Crippen LogP contribution < -0.4 is 5.32 Å². The molecule has 3 aromatic rings. The SMILES string of the molecule is CC(C)[C@H](NC(=O)c1ccco1)C(=O)OCC(=O)c1cn(CCC#N)c2ccccc12. The van der Waals surface area contributed by atoms with E-state index in [1.165, 1.54) is 12.3 Å². The highest BCUT2D eigenvalue weighted by Crippen LogP contribution is 2.22. The van der Waals surface area contributed by atoms with Gasteiger partial charge in [0.05, 0.1) is 18.8 Å². The molecule has 0 fully saturated rings. The number of furan rings is 1. The summed E-state index contributed by atoms with van der Waals surface area (Å²) >= 11 is 0. The third kappa shape index (κ3) is 5.01. The van der Waals surface area contributed by atoms with Crippen LogP contribution in [0.5, 0.6) is 0 Å². The molecule has 31 heavy (non-hydrogen) atoms. The number of ketones is 1. The average molecular weight is 421 g/mol. The number of ether oxygens (including phenoxy) is 1. The van der Waals surface area contributed by atoms with E-state index in [1.807, 2.05) is 28.8 Å². The lowest BCUT2D eigenvalue weighted by Gasteiger charge is -2.20. The van der Waals surface area contributed by atoms with Crippen LogP contribution in [0.3, 0.4) is 0 Å². The zero-order valence-electron chi connectivity index (χ0n) is 17.3. The van der Waals surface area contributed by atoms with Crippen LogP contribution in [0.15, 0.2) is 53.3 Å². The number of carbonyl (C=O) groups excluding carboxylic acids is 3. The fourth-order valence-corrected chi connectivity index (χ4v) is 3.25. The van der Waals surface area contributed by atoms with Gasteiger partial charge in [0.15, 0.2) is 12.4 Å². The lowest BCUT2D eigenvalue weighted by Crippen LogP contribution is -2.45. The monoisotopic (exact) mass is 421 g/mol. The first kappa shape index (κ1) is 21.8. The van der Waals surface area contributed by atoms with Crippen LogP contribution in [0.2, 0.25) is 0 Å². The highest BCUT2D eigenvalue weighted by Gasteiger charge is 2.28. The summed E-state index contributed by atoms with van der Waals surface area (Å²) < 4.78 is 12.1. The van der Waals surface area contributed by atoms with Crippen molar-refractivity contribution in [3.05, 3.63) is 60.2 Å². The van der Waals surface area contributed by atoms with Gasteiger partial charge in [0.25, 0.3) is 5.91 Å². The molecule has 1 N–H and O–H groups in total. The van der Waals surface area contributed by atoms with Gasteiger partial charge in [0.1, 0.15) is 6.04 Å². The van der Waals surface area contributed by atoms with E-state index >= 15 is 0 Å². The maximum atomic E-state index is 12.8. The number of aromatic nitrogens is 1. The van der Waals surface area contributed by atoms with Crippen LogP contribution in [-0.2, 0) is 16.1 Å². The third-order valence-electron chi connectivity index (χ3n) is 4.85. The van der Waals surface area contributed by atoms with Gasteiger partial charge in [-0.2, -0.15) is 5.26 Å². The summed E-state index contributed by atoms with van der Waals surface area (Å²) in [6, 6.07) is 11.6. The zero-order valence-corrected chi connectivity index (χ0v) is 17.3. The first-order chi connectivity index (χ1) is 14.9. The van der Waals surface area contributed by atoms with Crippen molar-refractivity contribution in [3.8, 4) is 6.07 Å². The number of Topliss-reactive ketones (excluding diaryl/α,β-unsaturated/α-hetero) is 1. The van der Waals surface area contributed by atoms with Crippen molar-refractivity contribution in [1.82, 2.24) is 9.88 Å². The van der Waals surface area contributed by atoms with Crippen molar-refractivity contribution in [1.29, 1.82) is 5.26 Å². The van der Waals surface area contributed by atoms with Gasteiger partial charge in [-0.15, -0.1) is 0 Å². The minimum Gasteiger partial charge on any atom is -0.459 e. The van der Waals surface area contributed by atoms with Crippen molar-refractivity contribution in [3.63, 3.8) is 0 Å². The Kier molecular flexibility index (Phi) is 6.88. The molecule has 0 aliphatic rings. The standard InChI is InChI=1S/C23H23N3O5/c1-15(2)21(25-22(28)20-9-5-12-30-20)23(29)31-14-19(27)17-13-26(11-6-10-24)18-8-4-3-7-16(17)18/h3-5,7-9,12-13,15,21H,6,11,14H2,1-2H3,(H,25,28)/t21-/m0/s1. The van der Waals surface area contributed by atoms with Crippen LogP contribution >= 0.6 is 0 Å². The molecule has 2 aromatic heterocycles. The number of amides is 1. The number of nitrogens with zero attached hydrogens (tertiary/aromatic N) is 2. The summed E-state index contributed by atoms with van der Waals surface area (Å²) in [5, 5.41) is 12.2. The number of carbonyl (C=O) groups is 3. The van der Waals surface area contributed by atoms with E-state index < -0.39 is 24.5 Å². The van der Waals surface area contributed by atoms with Crippen LogP contribution in [0.4, 0.5) is 0 Å². The number of benzene rings is 1. The number of hydrogen-bond acceptors (Lipinski definition) is 6. The van der Waals surface area contributed by atoms with Gasteiger partial charge < -0.3 is 19.0 Å². The molecule has 1 aromatic carbocycles. The predicted octanol–water partition coefficient (Wildman–Crippen LogP) is 3.33. The third-order valence-corrected chi connectivity index (χ3v) is 4.85. The molecular weight excluding hydrogens is 398 g/mol. The number of fused-ring (bicyclic) bond motifs is 1. The normalized spacial score (nSPS) is 11.8. The van der Waals surface area contributed by atoms with Gasteiger partial charge in [-0.25, -0.2) is 4.79 Å². The Morgan fingerprint density at radius 3 is 2.65 bits per heavy atom. The molecule has 0 radical (unpaired) electrons. The second-order valence-corrected chi connectivity index (χ2v) is 7.36. The molecule has 1 amide bonds. The number of nitriles is 1. The average Bonchev–Trinajstić information content (AvgIpc) is 3.42. The smallest absolute Gasteiger partial charge is 0.329 e. The second kappa shape index (κ2) is 9.76. The van der Waals surface area contributed by atoms with E-state index in [0.29, 0.717) is 18.5 Å². The Morgan fingerprint density at radius 2 is 1.97 bits per heavy atom. The first-order valence-corrected chi connectivity index (χ1v) is 9.91. The highest BCUT2D eigenvalue weighted by atomic mass is 16.5. The Hall–Kier alpha value is -3.86. The molecule has 0 aliphatic carbocycles. The van der Waals surface area contributed by atoms with Crippen molar-refractivity contribution in [2.45, 2.75) is 32.9 Å². The number of esters is 1. The van der Waals surface area contributed by atoms with E-state index in [0.717, 1.165) is 10.9 Å². The molecule has 8 nitrogen and oxygen atoms in total. The number of rotatable bonds is 9. The number of para-hydroxylation sites is 1. The zero-order chi connectivity index (χ0) is 22.4. The minimum absolute atomic E-state index is 0.0831. The molecule has 3 rings (SSSR count). The van der Waals surface area contributed by atoms with Crippen molar-refractivity contribution in [2.24, 2.45) is 5.92 Å². The van der Waals surface area contributed by atoms with Gasteiger partial charge in [0.2, 0.25) is 5.78 Å². The molecule has 0 saturated heterocycles. The largest absolute Gasteiger partial charge is 0.459 e. The Balaban J connectivity index is 1.70. The van der Waals surface area contributed by atoms with E-state index in [4.69, 9.17) is 14.4 Å². The van der Waals surface area contributed by atoms with E-state index in [9.17, 15) is 14.4 Å². The summed E-state index contributed by atoms with van der Waals surface area (Å²) in [6.45, 7) is 3.53. The highest BCUT2D eigenvalue weighted by molar-refractivity contribution is 6.09.